The van der Waals surface area contributed by atoms with Crippen LogP contribution in [0.1, 0.15) is 27.1 Å². The predicted octanol–water partition coefficient (Wildman–Crippen LogP) is 4.86. The first-order valence-corrected chi connectivity index (χ1v) is 7.23. The minimum atomic E-state index is 0.374. The number of thiophene rings is 2. The fourth-order valence-corrected chi connectivity index (χ4v) is 3.84. The lowest BCUT2D eigenvalue weighted by Crippen LogP contribution is -1.84. The fourth-order valence-electron chi connectivity index (χ4n) is 1.30. The zero-order valence-corrected chi connectivity index (χ0v) is 11.1. The lowest BCUT2D eigenvalue weighted by molar-refractivity contribution is 1.19. The van der Waals surface area contributed by atoms with Crippen LogP contribution in [0.4, 0.5) is 0 Å². The van der Waals surface area contributed by atoms with E-state index in [2.05, 4.69) is 51.8 Å². The van der Waals surface area contributed by atoms with E-state index in [0.29, 0.717) is 4.83 Å². The van der Waals surface area contributed by atoms with Crippen LogP contribution in [0, 0.1) is 0 Å². The smallest absolute Gasteiger partial charge is 0.0746 e. The second kappa shape index (κ2) is 4.60. The topological polar surface area (TPSA) is 0 Å². The molecule has 0 fully saturated rings. The van der Waals surface area contributed by atoms with Crippen molar-refractivity contribution in [3.8, 4) is 0 Å². The van der Waals surface area contributed by atoms with Crippen molar-refractivity contribution in [1.82, 2.24) is 0 Å². The van der Waals surface area contributed by atoms with E-state index in [0.717, 1.165) is 6.42 Å². The number of halogens is 1. The summed E-state index contributed by atoms with van der Waals surface area (Å²) in [7, 11) is 0. The Morgan fingerprint density at radius 1 is 1.36 bits per heavy atom. The van der Waals surface area contributed by atoms with Crippen LogP contribution in [-0.4, -0.2) is 0 Å². The third-order valence-electron chi connectivity index (χ3n) is 2.12. The summed E-state index contributed by atoms with van der Waals surface area (Å²) in [6.45, 7) is 2.20. The Morgan fingerprint density at radius 3 is 2.79 bits per heavy atom. The normalized spacial score (nSPS) is 13.0. The van der Waals surface area contributed by atoms with Gasteiger partial charge in [0.15, 0.2) is 0 Å². The molecule has 0 radical (unpaired) electrons. The summed E-state index contributed by atoms with van der Waals surface area (Å²) in [6, 6.07) is 6.62. The highest BCUT2D eigenvalue weighted by Gasteiger charge is 2.12. The molecule has 0 N–H and O–H groups in total. The van der Waals surface area contributed by atoms with E-state index in [1.165, 1.54) is 15.3 Å². The zero-order chi connectivity index (χ0) is 9.97. The Kier molecular flexibility index (Phi) is 3.42. The molecule has 0 saturated heterocycles. The van der Waals surface area contributed by atoms with Gasteiger partial charge in [0.05, 0.1) is 4.83 Å². The minimum Gasteiger partial charge on any atom is -0.152 e. The van der Waals surface area contributed by atoms with Crippen molar-refractivity contribution in [2.75, 3.05) is 0 Å². The maximum Gasteiger partial charge on any atom is 0.0746 e. The van der Waals surface area contributed by atoms with Crippen molar-refractivity contribution < 1.29 is 0 Å². The van der Waals surface area contributed by atoms with Crippen LogP contribution < -0.4 is 0 Å². The van der Waals surface area contributed by atoms with Gasteiger partial charge in [0.25, 0.3) is 0 Å². The van der Waals surface area contributed by atoms with E-state index in [1.807, 2.05) is 11.3 Å². The van der Waals surface area contributed by atoms with Crippen LogP contribution in [0.15, 0.2) is 29.0 Å². The summed E-state index contributed by atoms with van der Waals surface area (Å²) >= 11 is 7.38. The molecule has 2 rings (SSSR count). The van der Waals surface area contributed by atoms with Crippen LogP contribution in [0.2, 0.25) is 0 Å². The largest absolute Gasteiger partial charge is 0.152 e. The van der Waals surface area contributed by atoms with E-state index < -0.39 is 0 Å². The zero-order valence-electron chi connectivity index (χ0n) is 7.87. The Balaban J connectivity index is 2.23. The number of aryl methyl sites for hydroxylation is 1. The molecule has 2 heterocycles. The molecular weight excluding hydrogens is 276 g/mol. The molecule has 0 nitrogen and oxygen atoms in total. The summed E-state index contributed by atoms with van der Waals surface area (Å²) in [5.74, 6) is 0. The predicted molar refractivity (Wildman–Crippen MR) is 68.8 cm³/mol. The Hall–Kier alpha value is -0.120. The van der Waals surface area contributed by atoms with Crippen molar-refractivity contribution in [3.05, 3.63) is 44.3 Å². The van der Waals surface area contributed by atoms with Crippen molar-refractivity contribution >= 4 is 38.6 Å². The van der Waals surface area contributed by atoms with Gasteiger partial charge in [0.1, 0.15) is 0 Å². The average molecular weight is 287 g/mol. The summed E-state index contributed by atoms with van der Waals surface area (Å²) in [5, 5.41) is 4.32. The van der Waals surface area contributed by atoms with Gasteiger partial charge >= 0.3 is 0 Å². The van der Waals surface area contributed by atoms with E-state index in [4.69, 9.17) is 0 Å². The Bertz CT molecular complexity index is 389. The molecule has 14 heavy (non-hydrogen) atoms. The monoisotopic (exact) mass is 286 g/mol. The van der Waals surface area contributed by atoms with Crippen LogP contribution >= 0.6 is 38.6 Å². The van der Waals surface area contributed by atoms with Crippen molar-refractivity contribution in [2.45, 2.75) is 18.2 Å². The van der Waals surface area contributed by atoms with Crippen LogP contribution in [0.25, 0.3) is 0 Å². The molecule has 1 atom stereocenters. The highest BCUT2D eigenvalue weighted by atomic mass is 79.9. The van der Waals surface area contributed by atoms with Gasteiger partial charge in [-0.3, -0.25) is 0 Å². The molecule has 0 aromatic carbocycles. The SMILES string of the molecule is CCc1ccc(C(Br)c2ccsc2)s1. The Labute approximate surface area is 101 Å². The molecule has 0 spiro atoms. The van der Waals surface area contributed by atoms with Gasteiger partial charge in [-0.25, -0.2) is 0 Å². The highest BCUT2D eigenvalue weighted by molar-refractivity contribution is 9.09. The van der Waals surface area contributed by atoms with E-state index in [-0.39, 0.29) is 0 Å². The fraction of sp³-hybridized carbons (Fsp3) is 0.273. The van der Waals surface area contributed by atoms with Crippen LogP contribution in [-0.2, 0) is 6.42 Å². The third-order valence-corrected chi connectivity index (χ3v) is 5.44. The second-order valence-corrected chi connectivity index (χ2v) is 5.97. The lowest BCUT2D eigenvalue weighted by Gasteiger charge is -2.03. The molecule has 0 aliphatic heterocycles. The van der Waals surface area contributed by atoms with Gasteiger partial charge in [0, 0.05) is 9.75 Å². The first-order valence-electron chi connectivity index (χ1n) is 4.56. The third kappa shape index (κ3) is 2.10. The number of hydrogen-bond donors (Lipinski definition) is 0. The standard InChI is InChI=1S/C11H11BrS2/c1-2-9-3-4-10(14-9)11(12)8-5-6-13-7-8/h3-7,11H,2H2,1H3. The van der Waals surface area contributed by atoms with Gasteiger partial charge in [0.2, 0.25) is 0 Å². The molecule has 3 heteroatoms. The maximum atomic E-state index is 3.73. The van der Waals surface area contributed by atoms with Crippen LogP contribution in [0.3, 0.4) is 0 Å². The first kappa shape index (κ1) is 10.4. The van der Waals surface area contributed by atoms with Crippen LogP contribution in [0.5, 0.6) is 0 Å². The molecule has 0 aliphatic carbocycles. The lowest BCUT2D eigenvalue weighted by atomic mass is 10.2. The van der Waals surface area contributed by atoms with E-state index in [9.17, 15) is 0 Å². The van der Waals surface area contributed by atoms with Gasteiger partial charge < -0.3 is 0 Å². The molecule has 74 valence electrons. The summed E-state index contributed by atoms with van der Waals surface area (Å²) in [5.41, 5.74) is 1.36. The van der Waals surface area contributed by atoms with Gasteiger partial charge in [-0.2, -0.15) is 11.3 Å². The van der Waals surface area contributed by atoms with Gasteiger partial charge in [-0.15, -0.1) is 11.3 Å². The highest BCUT2D eigenvalue weighted by Crippen LogP contribution is 2.36. The molecule has 2 aromatic heterocycles. The van der Waals surface area contributed by atoms with Crippen molar-refractivity contribution in [3.63, 3.8) is 0 Å². The molecule has 0 aliphatic rings. The maximum absolute atomic E-state index is 3.73. The van der Waals surface area contributed by atoms with Crippen molar-refractivity contribution in [1.29, 1.82) is 0 Å². The van der Waals surface area contributed by atoms with E-state index in [1.54, 1.807) is 11.3 Å². The molecule has 0 bridgehead atoms. The molecule has 2 aromatic rings. The number of rotatable bonds is 3. The summed E-state index contributed by atoms with van der Waals surface area (Å²) < 4.78 is 0. The number of alkyl halides is 1. The van der Waals surface area contributed by atoms with Gasteiger partial charge in [-0.05, 0) is 40.9 Å². The molecule has 0 amide bonds. The quantitative estimate of drug-likeness (QED) is 0.707. The molecular formula is C11H11BrS2. The first-order chi connectivity index (χ1) is 6.81. The Morgan fingerprint density at radius 2 is 2.21 bits per heavy atom. The van der Waals surface area contributed by atoms with Gasteiger partial charge in [-0.1, -0.05) is 22.9 Å². The summed E-state index contributed by atoms with van der Waals surface area (Å²) in [6.07, 6.45) is 1.13. The number of hydrogen-bond acceptors (Lipinski definition) is 2. The molecule has 1 unspecified atom stereocenters. The summed E-state index contributed by atoms with van der Waals surface area (Å²) in [4.78, 5) is 3.24. The average Bonchev–Trinajstić information content (AvgIpc) is 2.88. The molecule has 0 saturated carbocycles. The minimum absolute atomic E-state index is 0.374. The van der Waals surface area contributed by atoms with E-state index >= 15 is 0 Å². The van der Waals surface area contributed by atoms with Crippen molar-refractivity contribution in [2.24, 2.45) is 0 Å². The second-order valence-electron chi connectivity index (χ2n) is 3.08.